The lowest BCUT2D eigenvalue weighted by Crippen LogP contribution is -2.49. The van der Waals surface area contributed by atoms with E-state index in [0.29, 0.717) is 48.0 Å². The van der Waals surface area contributed by atoms with Crippen molar-refractivity contribution in [2.24, 2.45) is 5.92 Å². The number of urea groups is 1. The number of carbonyl (C=O) groups excluding carboxylic acids is 2. The van der Waals surface area contributed by atoms with Crippen LogP contribution in [-0.4, -0.2) is 78.0 Å². The Bertz CT molecular complexity index is 1340. The first-order chi connectivity index (χ1) is 19.6. The zero-order valence-corrected chi connectivity index (χ0v) is 24.4. The van der Waals surface area contributed by atoms with Gasteiger partial charge in [-0.3, -0.25) is 9.69 Å². The molecular formula is C30H39N5O6. The van der Waals surface area contributed by atoms with E-state index in [-0.39, 0.29) is 30.3 Å². The number of methoxy groups -OCH3 is 1. The number of nitrogens with one attached hydrogen (secondary N) is 2. The van der Waals surface area contributed by atoms with E-state index in [4.69, 9.17) is 14.0 Å². The maximum atomic E-state index is 13.7. The molecule has 2 heterocycles. The Hall–Kier alpha value is -4.09. The van der Waals surface area contributed by atoms with Crippen LogP contribution in [0.1, 0.15) is 41.2 Å². The molecule has 220 valence electrons. The van der Waals surface area contributed by atoms with Crippen molar-refractivity contribution in [3.63, 3.8) is 0 Å². The molecule has 3 atom stereocenters. The number of ether oxygens (including phenoxy) is 2. The number of nitrogens with zero attached hydrogens (tertiary/aromatic N) is 3. The van der Waals surface area contributed by atoms with Crippen molar-refractivity contribution < 1.29 is 28.7 Å². The van der Waals surface area contributed by atoms with Gasteiger partial charge in [0.2, 0.25) is 0 Å². The number of carbonyl (C=O) groups is 2. The van der Waals surface area contributed by atoms with E-state index < -0.39 is 12.1 Å². The minimum absolute atomic E-state index is 0.0800. The molecule has 3 aromatic rings. The molecule has 0 radical (unpaired) electrons. The summed E-state index contributed by atoms with van der Waals surface area (Å²) in [6.45, 7) is 8.76. The summed E-state index contributed by atoms with van der Waals surface area (Å²) in [7, 11) is 3.65. The SMILES string of the molecule is COc1ccc(CN(C)C[C@H]2Oc3c(NC(=O)Nc4c(C)noc4C)cccc3C(=O)N([C@@H](C)CO)C[C@@H]2C)cc1. The second kappa shape index (κ2) is 13.0. The van der Waals surface area contributed by atoms with Gasteiger partial charge in [-0.05, 0) is 57.6 Å². The molecule has 0 spiro atoms. The molecule has 0 bridgehead atoms. The third kappa shape index (κ3) is 6.98. The summed E-state index contributed by atoms with van der Waals surface area (Å²) in [5.74, 6) is 1.22. The zero-order valence-electron chi connectivity index (χ0n) is 24.4. The predicted molar refractivity (Wildman–Crippen MR) is 156 cm³/mol. The van der Waals surface area contributed by atoms with E-state index >= 15 is 0 Å². The van der Waals surface area contributed by atoms with Crippen LogP contribution in [0.5, 0.6) is 11.5 Å². The highest BCUT2D eigenvalue weighted by Crippen LogP contribution is 2.35. The van der Waals surface area contributed by atoms with Gasteiger partial charge in [-0.2, -0.15) is 0 Å². The molecule has 0 fully saturated rings. The van der Waals surface area contributed by atoms with E-state index in [9.17, 15) is 14.7 Å². The average molecular weight is 566 g/mol. The van der Waals surface area contributed by atoms with Crippen LogP contribution in [0.25, 0.3) is 0 Å². The van der Waals surface area contributed by atoms with Crippen LogP contribution in [-0.2, 0) is 6.54 Å². The second-order valence-electron chi connectivity index (χ2n) is 10.6. The Kier molecular flexibility index (Phi) is 9.51. The number of fused-ring (bicyclic) bond motifs is 1. The molecule has 4 rings (SSSR count). The molecule has 1 aliphatic heterocycles. The maximum Gasteiger partial charge on any atom is 0.323 e. The highest BCUT2D eigenvalue weighted by Gasteiger charge is 2.34. The molecule has 11 heteroatoms. The van der Waals surface area contributed by atoms with Gasteiger partial charge in [-0.25, -0.2) is 4.79 Å². The van der Waals surface area contributed by atoms with E-state index in [1.807, 2.05) is 45.2 Å². The van der Waals surface area contributed by atoms with Gasteiger partial charge in [0.1, 0.15) is 23.2 Å². The lowest BCUT2D eigenvalue weighted by Gasteiger charge is -2.38. The number of amides is 3. The molecule has 11 nitrogen and oxygen atoms in total. The fourth-order valence-electron chi connectivity index (χ4n) is 4.90. The summed E-state index contributed by atoms with van der Waals surface area (Å²) in [5.41, 5.74) is 2.82. The van der Waals surface area contributed by atoms with Crippen molar-refractivity contribution in [3.8, 4) is 11.5 Å². The Balaban J connectivity index is 1.62. The van der Waals surface area contributed by atoms with Gasteiger partial charge in [-0.1, -0.05) is 30.3 Å². The predicted octanol–water partition coefficient (Wildman–Crippen LogP) is 4.30. The Morgan fingerprint density at radius 2 is 1.95 bits per heavy atom. The zero-order chi connectivity index (χ0) is 29.7. The summed E-state index contributed by atoms with van der Waals surface area (Å²) in [6, 6.07) is 12.1. The first-order valence-electron chi connectivity index (χ1n) is 13.6. The largest absolute Gasteiger partial charge is 0.497 e. The van der Waals surface area contributed by atoms with Crippen molar-refractivity contribution in [1.82, 2.24) is 15.0 Å². The number of hydrogen-bond donors (Lipinski definition) is 3. The number of aryl methyl sites for hydroxylation is 2. The molecule has 0 aliphatic carbocycles. The molecule has 0 saturated heterocycles. The Morgan fingerprint density at radius 3 is 2.59 bits per heavy atom. The minimum Gasteiger partial charge on any atom is -0.497 e. The van der Waals surface area contributed by atoms with E-state index in [2.05, 4.69) is 20.7 Å². The summed E-state index contributed by atoms with van der Waals surface area (Å²) >= 11 is 0. The van der Waals surface area contributed by atoms with Gasteiger partial charge in [0.25, 0.3) is 5.91 Å². The van der Waals surface area contributed by atoms with Crippen LogP contribution >= 0.6 is 0 Å². The summed E-state index contributed by atoms with van der Waals surface area (Å²) in [5, 5.41) is 19.4. The van der Waals surface area contributed by atoms with Gasteiger partial charge in [0.05, 0.1) is 31.0 Å². The van der Waals surface area contributed by atoms with Crippen LogP contribution in [0.3, 0.4) is 0 Å². The van der Waals surface area contributed by atoms with Gasteiger partial charge >= 0.3 is 6.03 Å². The molecule has 3 amide bonds. The second-order valence-corrected chi connectivity index (χ2v) is 10.6. The molecule has 2 aromatic carbocycles. The van der Waals surface area contributed by atoms with Crippen LogP contribution in [0.4, 0.5) is 16.2 Å². The van der Waals surface area contributed by atoms with Gasteiger partial charge in [-0.15, -0.1) is 0 Å². The molecule has 41 heavy (non-hydrogen) atoms. The number of aromatic nitrogens is 1. The topological polar surface area (TPSA) is 129 Å². The third-order valence-corrected chi connectivity index (χ3v) is 7.31. The van der Waals surface area contributed by atoms with Crippen LogP contribution in [0.2, 0.25) is 0 Å². The quantitative estimate of drug-likeness (QED) is 0.350. The number of anilines is 2. The van der Waals surface area contributed by atoms with E-state index in [1.54, 1.807) is 44.1 Å². The number of likely N-dealkylation sites (N-methyl/N-ethyl adjacent to an activating group) is 1. The van der Waals surface area contributed by atoms with E-state index in [0.717, 1.165) is 11.3 Å². The fourth-order valence-corrected chi connectivity index (χ4v) is 4.90. The number of aliphatic hydroxyl groups is 1. The lowest BCUT2D eigenvalue weighted by atomic mass is 9.99. The maximum absolute atomic E-state index is 13.7. The van der Waals surface area contributed by atoms with Crippen molar-refractivity contribution in [3.05, 3.63) is 65.0 Å². The number of hydrogen-bond acceptors (Lipinski definition) is 8. The normalized spacial score (nSPS) is 17.8. The number of para-hydroxylation sites is 1. The van der Waals surface area contributed by atoms with Crippen molar-refractivity contribution in [1.29, 1.82) is 0 Å². The van der Waals surface area contributed by atoms with Crippen LogP contribution in [0.15, 0.2) is 47.0 Å². The van der Waals surface area contributed by atoms with Crippen LogP contribution < -0.4 is 20.1 Å². The monoisotopic (exact) mass is 565 g/mol. The van der Waals surface area contributed by atoms with Crippen molar-refractivity contribution in [2.45, 2.75) is 46.4 Å². The van der Waals surface area contributed by atoms with E-state index in [1.165, 1.54) is 0 Å². The van der Waals surface area contributed by atoms with Crippen LogP contribution in [0, 0.1) is 19.8 Å². The first-order valence-corrected chi connectivity index (χ1v) is 13.6. The molecule has 1 aromatic heterocycles. The standard InChI is InChI=1S/C30H39N5O6/c1-18-14-35(19(2)17-36)29(37)24-8-7-9-25(31-30(38)32-27-20(3)33-41-21(27)4)28(24)40-26(18)16-34(5)15-22-10-12-23(39-6)13-11-22/h7-13,18-19,26,36H,14-17H2,1-6H3,(H2,31,32,38)/t18-,19-,26+/m0/s1. The molecular weight excluding hydrogens is 526 g/mol. The third-order valence-electron chi connectivity index (χ3n) is 7.31. The molecule has 1 aliphatic rings. The van der Waals surface area contributed by atoms with Crippen molar-refractivity contribution in [2.75, 3.05) is 44.5 Å². The number of benzene rings is 2. The highest BCUT2D eigenvalue weighted by atomic mass is 16.5. The molecule has 0 unspecified atom stereocenters. The highest BCUT2D eigenvalue weighted by molar-refractivity contribution is 6.04. The van der Waals surface area contributed by atoms with Crippen molar-refractivity contribution >= 4 is 23.3 Å². The number of rotatable bonds is 9. The van der Waals surface area contributed by atoms with Gasteiger partial charge < -0.3 is 34.6 Å². The summed E-state index contributed by atoms with van der Waals surface area (Å²) in [4.78, 5) is 30.5. The molecule has 0 saturated carbocycles. The average Bonchev–Trinajstić information content (AvgIpc) is 3.27. The van der Waals surface area contributed by atoms with Gasteiger partial charge in [0.15, 0.2) is 11.5 Å². The Labute approximate surface area is 240 Å². The number of aliphatic hydroxyl groups excluding tert-OH is 1. The van der Waals surface area contributed by atoms with Gasteiger partial charge in [0, 0.05) is 25.6 Å². The first kappa shape index (κ1) is 29.9. The summed E-state index contributed by atoms with van der Waals surface area (Å²) < 4.78 is 17.0. The minimum atomic E-state index is -0.521. The summed E-state index contributed by atoms with van der Waals surface area (Å²) in [6.07, 6.45) is -0.327. The molecule has 3 N–H and O–H groups in total. The lowest BCUT2D eigenvalue weighted by molar-refractivity contribution is 0.0343. The fraction of sp³-hybridized carbons (Fsp3) is 0.433. The Morgan fingerprint density at radius 1 is 1.22 bits per heavy atom. The smallest absolute Gasteiger partial charge is 0.323 e.